The van der Waals surface area contributed by atoms with Crippen molar-refractivity contribution in [2.75, 3.05) is 6.61 Å². The van der Waals surface area contributed by atoms with E-state index in [0.717, 1.165) is 4.88 Å². The molecule has 0 bridgehead atoms. The smallest absolute Gasteiger partial charge is 0.347 e. The Hall–Kier alpha value is -3.84. The molecule has 0 amide bonds. The number of esters is 1. The molecule has 6 nitrogen and oxygen atoms in total. The zero-order valence-corrected chi connectivity index (χ0v) is 18.2. The third kappa shape index (κ3) is 3.56. The van der Waals surface area contributed by atoms with Gasteiger partial charge >= 0.3 is 5.97 Å². The van der Waals surface area contributed by atoms with Crippen LogP contribution in [0.2, 0.25) is 0 Å². The number of aryl methyl sites for hydroxylation is 1. The van der Waals surface area contributed by atoms with Crippen LogP contribution in [0.5, 0.6) is 17.2 Å². The number of hydrogen-bond donors (Lipinski definition) is 0. The lowest BCUT2D eigenvalue weighted by Gasteiger charge is -2.06. The van der Waals surface area contributed by atoms with Gasteiger partial charge in [-0.25, -0.2) is 4.79 Å². The summed E-state index contributed by atoms with van der Waals surface area (Å²) in [5.74, 6) is 1.20. The number of thiophene rings is 1. The molecular formula is C25H18O6S. The first kappa shape index (κ1) is 20.1. The van der Waals surface area contributed by atoms with E-state index in [4.69, 9.17) is 18.6 Å². The molecule has 1 aliphatic heterocycles. The molecule has 0 atom stereocenters. The lowest BCUT2D eigenvalue weighted by molar-refractivity contribution is 0.0734. The van der Waals surface area contributed by atoms with Crippen molar-refractivity contribution in [1.82, 2.24) is 0 Å². The van der Waals surface area contributed by atoms with Gasteiger partial charge < -0.3 is 18.6 Å². The Morgan fingerprint density at radius 2 is 1.97 bits per heavy atom. The highest BCUT2D eigenvalue weighted by molar-refractivity contribution is 7.10. The van der Waals surface area contributed by atoms with Crippen LogP contribution in [0.3, 0.4) is 0 Å². The number of fused-ring (bicyclic) bond motifs is 2. The maximum Gasteiger partial charge on any atom is 0.347 e. The van der Waals surface area contributed by atoms with Gasteiger partial charge in [0.1, 0.15) is 34.2 Å². The van der Waals surface area contributed by atoms with Gasteiger partial charge in [0.05, 0.1) is 12.2 Å². The van der Waals surface area contributed by atoms with Gasteiger partial charge in [0.25, 0.3) is 0 Å². The number of ketones is 1. The van der Waals surface area contributed by atoms with Crippen LogP contribution in [0.15, 0.2) is 64.1 Å². The summed E-state index contributed by atoms with van der Waals surface area (Å²) in [5.41, 5.74) is 1.33. The molecule has 0 saturated heterocycles. The summed E-state index contributed by atoms with van der Waals surface area (Å²) in [6.07, 6.45) is 1.70. The van der Waals surface area contributed by atoms with Crippen molar-refractivity contribution in [2.45, 2.75) is 13.8 Å². The maximum absolute atomic E-state index is 13.0. The Bertz CT molecular complexity index is 1380. The quantitative estimate of drug-likeness (QED) is 0.211. The third-order valence-corrected chi connectivity index (χ3v) is 5.84. The summed E-state index contributed by atoms with van der Waals surface area (Å²) in [6.45, 7) is 4.11. The highest BCUT2D eigenvalue weighted by Gasteiger charge is 2.29. The van der Waals surface area contributed by atoms with Crippen molar-refractivity contribution >= 4 is 40.1 Å². The molecule has 7 heteroatoms. The summed E-state index contributed by atoms with van der Waals surface area (Å²) in [6, 6.07) is 13.8. The highest BCUT2D eigenvalue weighted by atomic mass is 32.1. The van der Waals surface area contributed by atoms with E-state index >= 15 is 0 Å². The van der Waals surface area contributed by atoms with Crippen LogP contribution in [0, 0.1) is 6.92 Å². The molecule has 0 saturated carbocycles. The summed E-state index contributed by atoms with van der Waals surface area (Å²) < 4.78 is 22.6. The fourth-order valence-electron chi connectivity index (χ4n) is 3.60. The molecule has 32 heavy (non-hydrogen) atoms. The van der Waals surface area contributed by atoms with Crippen molar-refractivity contribution in [2.24, 2.45) is 0 Å². The average Bonchev–Trinajstić information content (AvgIpc) is 3.46. The van der Waals surface area contributed by atoms with Crippen molar-refractivity contribution in [3.8, 4) is 17.2 Å². The molecule has 2 aromatic heterocycles. The fourth-order valence-corrected chi connectivity index (χ4v) is 4.25. The van der Waals surface area contributed by atoms with E-state index in [9.17, 15) is 9.59 Å². The Labute approximate surface area is 187 Å². The molecule has 160 valence electrons. The van der Waals surface area contributed by atoms with E-state index < -0.39 is 5.97 Å². The van der Waals surface area contributed by atoms with Crippen molar-refractivity contribution < 1.29 is 28.2 Å². The van der Waals surface area contributed by atoms with Crippen molar-refractivity contribution in [1.29, 1.82) is 0 Å². The fraction of sp³-hybridized carbons (Fsp3) is 0.120. The first-order chi connectivity index (χ1) is 15.5. The van der Waals surface area contributed by atoms with Gasteiger partial charge in [-0.05, 0) is 55.6 Å². The second kappa shape index (κ2) is 8.01. The first-order valence-corrected chi connectivity index (χ1v) is 10.9. The number of benzene rings is 2. The standard InChI is InChI=1S/C25H18O6S/c1-3-28-15-7-9-20-19(11-15)23(14(2)29-20)25(27)30-16-6-8-18-21(12-16)31-22(24(18)26)13-17-5-4-10-32-17/h4-13H,3H2,1-2H3/b22-13-. The third-order valence-electron chi connectivity index (χ3n) is 5.02. The Kier molecular flexibility index (Phi) is 5.03. The number of ether oxygens (including phenoxy) is 3. The Balaban J connectivity index is 1.42. The molecule has 3 heterocycles. The van der Waals surface area contributed by atoms with E-state index in [2.05, 4.69) is 0 Å². The Morgan fingerprint density at radius 3 is 2.75 bits per heavy atom. The second-order valence-electron chi connectivity index (χ2n) is 7.13. The van der Waals surface area contributed by atoms with Crippen molar-refractivity contribution in [3.63, 3.8) is 0 Å². The van der Waals surface area contributed by atoms with Crippen LogP contribution in [0.1, 0.15) is 38.3 Å². The monoisotopic (exact) mass is 446 g/mol. The molecule has 2 aromatic carbocycles. The zero-order chi connectivity index (χ0) is 22.2. The predicted octanol–water partition coefficient (Wildman–Crippen LogP) is 6.04. The maximum atomic E-state index is 13.0. The van der Waals surface area contributed by atoms with Crippen LogP contribution >= 0.6 is 11.3 Å². The van der Waals surface area contributed by atoms with Gasteiger partial charge in [0.15, 0.2) is 5.76 Å². The summed E-state index contributed by atoms with van der Waals surface area (Å²) >= 11 is 1.51. The van der Waals surface area contributed by atoms with Crippen LogP contribution in [-0.2, 0) is 0 Å². The number of allylic oxidation sites excluding steroid dienone is 1. The number of carbonyl (C=O) groups is 2. The topological polar surface area (TPSA) is 75.0 Å². The van der Waals surface area contributed by atoms with Gasteiger partial charge in [-0.3, -0.25) is 4.79 Å². The lowest BCUT2D eigenvalue weighted by atomic mass is 10.1. The number of furan rings is 1. The van der Waals surface area contributed by atoms with Gasteiger partial charge in [-0.15, -0.1) is 11.3 Å². The van der Waals surface area contributed by atoms with Gasteiger partial charge in [-0.1, -0.05) is 6.07 Å². The predicted molar refractivity (Wildman–Crippen MR) is 121 cm³/mol. The minimum Gasteiger partial charge on any atom is -0.494 e. The average molecular weight is 446 g/mol. The molecule has 0 spiro atoms. The van der Waals surface area contributed by atoms with Gasteiger partial charge in [0.2, 0.25) is 5.78 Å². The lowest BCUT2D eigenvalue weighted by Crippen LogP contribution is -2.09. The first-order valence-electron chi connectivity index (χ1n) is 10.0. The molecular weight excluding hydrogens is 428 g/mol. The SMILES string of the molecule is CCOc1ccc2oc(C)c(C(=O)Oc3ccc4c(c3)O/C(=C\c3cccs3)C4=O)c2c1. The van der Waals surface area contributed by atoms with Crippen LogP contribution in [0.25, 0.3) is 17.0 Å². The molecule has 0 fully saturated rings. The van der Waals surface area contributed by atoms with E-state index in [1.807, 2.05) is 24.4 Å². The number of hydrogen-bond acceptors (Lipinski definition) is 7. The van der Waals surface area contributed by atoms with Crippen molar-refractivity contribution in [3.05, 3.63) is 81.4 Å². The highest BCUT2D eigenvalue weighted by Crippen LogP contribution is 2.36. The van der Waals surface area contributed by atoms with Crippen LogP contribution < -0.4 is 14.2 Å². The van der Waals surface area contributed by atoms with Crippen LogP contribution in [-0.4, -0.2) is 18.4 Å². The number of Topliss-reactive ketones (excluding diaryl/α,β-unsaturated/α-hetero) is 1. The molecule has 0 aliphatic carbocycles. The molecule has 4 aromatic rings. The molecule has 0 N–H and O–H groups in total. The van der Waals surface area contributed by atoms with Gasteiger partial charge in [-0.2, -0.15) is 0 Å². The van der Waals surface area contributed by atoms with Gasteiger partial charge in [0, 0.05) is 22.4 Å². The minimum atomic E-state index is -0.562. The summed E-state index contributed by atoms with van der Waals surface area (Å²) in [4.78, 5) is 26.5. The Morgan fingerprint density at radius 1 is 1.12 bits per heavy atom. The van der Waals surface area contributed by atoms with Crippen LogP contribution in [0.4, 0.5) is 0 Å². The summed E-state index contributed by atoms with van der Waals surface area (Å²) in [5, 5.41) is 2.54. The normalized spacial score (nSPS) is 13.9. The largest absolute Gasteiger partial charge is 0.494 e. The number of carbonyl (C=O) groups excluding carboxylic acids is 2. The molecule has 5 rings (SSSR count). The number of rotatable bonds is 5. The van der Waals surface area contributed by atoms with E-state index in [-0.39, 0.29) is 17.3 Å². The molecule has 1 aliphatic rings. The minimum absolute atomic E-state index is 0.202. The second-order valence-corrected chi connectivity index (χ2v) is 8.11. The zero-order valence-electron chi connectivity index (χ0n) is 17.3. The summed E-state index contributed by atoms with van der Waals surface area (Å²) in [7, 11) is 0. The van der Waals surface area contributed by atoms with E-state index in [1.54, 1.807) is 49.4 Å². The molecule has 0 unspecified atom stereocenters. The van der Waals surface area contributed by atoms with E-state index in [1.165, 1.54) is 11.3 Å². The molecule has 0 radical (unpaired) electrons. The van der Waals surface area contributed by atoms with E-state index in [0.29, 0.717) is 46.0 Å².